The second kappa shape index (κ2) is 5.77. The van der Waals surface area contributed by atoms with E-state index >= 15 is 0 Å². The highest BCUT2D eigenvalue weighted by molar-refractivity contribution is 6.31. The standard InChI is InChI=1S/C17H17Cl2N/c1-20-17-9-8-12(14-4-2-3-5-16(14)19)13-7-6-11(18)10-15(13)17/h2-7,10,12,17,20H,8-9H2,1H3/t12-,17-/m1/s1. The number of halogens is 2. The highest BCUT2D eigenvalue weighted by Gasteiger charge is 2.28. The summed E-state index contributed by atoms with van der Waals surface area (Å²) in [6.07, 6.45) is 2.20. The quantitative estimate of drug-likeness (QED) is 0.806. The van der Waals surface area contributed by atoms with Gasteiger partial charge < -0.3 is 5.32 Å². The average Bonchev–Trinajstić information content (AvgIpc) is 2.46. The Morgan fingerprint density at radius 1 is 0.950 bits per heavy atom. The molecule has 0 aliphatic heterocycles. The zero-order chi connectivity index (χ0) is 14.1. The lowest BCUT2D eigenvalue weighted by atomic mass is 9.77. The first-order valence-electron chi connectivity index (χ1n) is 6.91. The van der Waals surface area contributed by atoms with Crippen LogP contribution in [-0.2, 0) is 0 Å². The van der Waals surface area contributed by atoms with Crippen molar-refractivity contribution in [3.8, 4) is 0 Å². The Bertz CT molecular complexity index is 624. The van der Waals surface area contributed by atoms with Gasteiger partial charge in [-0.05, 0) is 54.8 Å². The molecule has 1 aliphatic carbocycles. The first-order valence-corrected chi connectivity index (χ1v) is 7.67. The SMILES string of the molecule is CN[C@@H]1CC[C@@H](c2ccccc2Cl)c2ccc(Cl)cc21. The van der Waals surface area contributed by atoms with E-state index in [9.17, 15) is 0 Å². The van der Waals surface area contributed by atoms with Crippen LogP contribution in [0.25, 0.3) is 0 Å². The van der Waals surface area contributed by atoms with Crippen LogP contribution in [0.15, 0.2) is 42.5 Å². The van der Waals surface area contributed by atoms with E-state index in [0.717, 1.165) is 22.9 Å². The van der Waals surface area contributed by atoms with Gasteiger partial charge in [0.15, 0.2) is 0 Å². The zero-order valence-electron chi connectivity index (χ0n) is 11.4. The Morgan fingerprint density at radius 3 is 2.50 bits per heavy atom. The predicted octanol–water partition coefficient (Wildman–Crippen LogP) is 5.18. The van der Waals surface area contributed by atoms with Gasteiger partial charge in [0.2, 0.25) is 0 Å². The number of benzene rings is 2. The third-order valence-electron chi connectivity index (χ3n) is 4.17. The molecule has 0 unspecified atom stereocenters. The Balaban J connectivity index is 2.10. The molecule has 2 aromatic carbocycles. The van der Waals surface area contributed by atoms with E-state index in [1.54, 1.807) is 0 Å². The molecule has 0 saturated heterocycles. The molecule has 0 amide bonds. The van der Waals surface area contributed by atoms with E-state index in [4.69, 9.17) is 23.2 Å². The molecule has 0 aromatic heterocycles. The molecular formula is C17H17Cl2N. The summed E-state index contributed by atoms with van der Waals surface area (Å²) < 4.78 is 0. The topological polar surface area (TPSA) is 12.0 Å². The minimum Gasteiger partial charge on any atom is -0.313 e. The molecule has 1 aliphatic rings. The van der Waals surface area contributed by atoms with Crippen LogP contribution in [0.2, 0.25) is 10.0 Å². The molecule has 3 heteroatoms. The fraction of sp³-hybridized carbons (Fsp3) is 0.294. The molecule has 1 N–H and O–H groups in total. The summed E-state index contributed by atoms with van der Waals surface area (Å²) >= 11 is 12.6. The van der Waals surface area contributed by atoms with E-state index in [0.29, 0.717) is 12.0 Å². The number of nitrogens with one attached hydrogen (secondary N) is 1. The van der Waals surface area contributed by atoms with Crippen LogP contribution in [-0.4, -0.2) is 7.05 Å². The van der Waals surface area contributed by atoms with Crippen molar-refractivity contribution in [2.45, 2.75) is 24.8 Å². The summed E-state index contributed by atoms with van der Waals surface area (Å²) in [6.45, 7) is 0. The van der Waals surface area contributed by atoms with E-state index in [1.807, 2.05) is 25.2 Å². The first kappa shape index (κ1) is 13.9. The molecular weight excluding hydrogens is 289 g/mol. The van der Waals surface area contributed by atoms with Gasteiger partial charge in [0.25, 0.3) is 0 Å². The second-order valence-corrected chi connectivity index (χ2v) is 6.11. The molecule has 2 atom stereocenters. The van der Waals surface area contributed by atoms with Crippen molar-refractivity contribution in [3.05, 3.63) is 69.2 Å². The molecule has 2 aromatic rings. The minimum absolute atomic E-state index is 0.362. The summed E-state index contributed by atoms with van der Waals surface area (Å²) in [5, 5.41) is 5.03. The Morgan fingerprint density at radius 2 is 1.75 bits per heavy atom. The lowest BCUT2D eigenvalue weighted by molar-refractivity contribution is 0.471. The van der Waals surface area contributed by atoms with Gasteiger partial charge in [-0.15, -0.1) is 0 Å². The maximum Gasteiger partial charge on any atom is 0.0444 e. The zero-order valence-corrected chi connectivity index (χ0v) is 12.9. The van der Waals surface area contributed by atoms with Gasteiger partial charge in [-0.3, -0.25) is 0 Å². The van der Waals surface area contributed by atoms with E-state index in [1.165, 1.54) is 16.7 Å². The number of hydrogen-bond donors (Lipinski definition) is 1. The molecule has 0 fully saturated rings. The van der Waals surface area contributed by atoms with Crippen molar-refractivity contribution >= 4 is 23.2 Å². The summed E-state index contributed by atoms with van der Waals surface area (Å²) in [5.41, 5.74) is 3.86. The van der Waals surface area contributed by atoms with Gasteiger partial charge in [0, 0.05) is 22.0 Å². The van der Waals surface area contributed by atoms with E-state index in [-0.39, 0.29) is 0 Å². The van der Waals surface area contributed by atoms with Crippen LogP contribution < -0.4 is 5.32 Å². The molecule has 0 spiro atoms. The molecule has 1 nitrogen and oxygen atoms in total. The van der Waals surface area contributed by atoms with Crippen LogP contribution in [0.3, 0.4) is 0 Å². The molecule has 0 heterocycles. The summed E-state index contributed by atoms with van der Waals surface area (Å²) in [4.78, 5) is 0. The van der Waals surface area contributed by atoms with Gasteiger partial charge in [-0.1, -0.05) is 47.5 Å². The number of hydrogen-bond acceptors (Lipinski definition) is 1. The molecule has 104 valence electrons. The van der Waals surface area contributed by atoms with Crippen LogP contribution in [0, 0.1) is 0 Å². The van der Waals surface area contributed by atoms with E-state index in [2.05, 4.69) is 29.6 Å². The van der Waals surface area contributed by atoms with Gasteiger partial charge in [0.05, 0.1) is 0 Å². The largest absolute Gasteiger partial charge is 0.313 e. The average molecular weight is 306 g/mol. The maximum atomic E-state index is 6.38. The number of rotatable bonds is 2. The Labute approximate surface area is 129 Å². The minimum atomic E-state index is 0.362. The van der Waals surface area contributed by atoms with Crippen LogP contribution in [0.4, 0.5) is 0 Å². The maximum absolute atomic E-state index is 6.38. The summed E-state index contributed by atoms with van der Waals surface area (Å²) in [5.74, 6) is 0.362. The number of fused-ring (bicyclic) bond motifs is 1. The van der Waals surface area contributed by atoms with Crippen LogP contribution in [0.5, 0.6) is 0 Å². The smallest absolute Gasteiger partial charge is 0.0444 e. The molecule has 0 radical (unpaired) electrons. The summed E-state index contributed by atoms with van der Waals surface area (Å²) in [6, 6.07) is 14.7. The molecule has 0 saturated carbocycles. The van der Waals surface area contributed by atoms with Crippen molar-refractivity contribution in [3.63, 3.8) is 0 Å². The fourth-order valence-corrected chi connectivity index (χ4v) is 3.64. The van der Waals surface area contributed by atoms with Crippen molar-refractivity contribution < 1.29 is 0 Å². The normalized spacial score (nSPS) is 21.6. The van der Waals surface area contributed by atoms with Crippen molar-refractivity contribution in [1.82, 2.24) is 5.32 Å². The monoisotopic (exact) mass is 305 g/mol. The predicted molar refractivity (Wildman–Crippen MR) is 85.8 cm³/mol. The van der Waals surface area contributed by atoms with Gasteiger partial charge in [0.1, 0.15) is 0 Å². The third kappa shape index (κ3) is 2.46. The second-order valence-electron chi connectivity index (χ2n) is 5.27. The Kier molecular flexibility index (Phi) is 4.02. The van der Waals surface area contributed by atoms with Crippen molar-refractivity contribution in [2.24, 2.45) is 0 Å². The molecule has 0 bridgehead atoms. The highest BCUT2D eigenvalue weighted by atomic mass is 35.5. The van der Waals surface area contributed by atoms with Crippen molar-refractivity contribution in [2.75, 3.05) is 7.05 Å². The first-order chi connectivity index (χ1) is 9.70. The molecule has 20 heavy (non-hydrogen) atoms. The van der Waals surface area contributed by atoms with E-state index < -0.39 is 0 Å². The van der Waals surface area contributed by atoms with Gasteiger partial charge in [-0.2, -0.15) is 0 Å². The van der Waals surface area contributed by atoms with Crippen molar-refractivity contribution in [1.29, 1.82) is 0 Å². The summed E-state index contributed by atoms with van der Waals surface area (Å²) in [7, 11) is 2.01. The fourth-order valence-electron chi connectivity index (χ4n) is 3.19. The third-order valence-corrected chi connectivity index (χ3v) is 4.75. The lowest BCUT2D eigenvalue weighted by Crippen LogP contribution is -2.24. The van der Waals surface area contributed by atoms with Gasteiger partial charge in [-0.25, -0.2) is 0 Å². The van der Waals surface area contributed by atoms with Gasteiger partial charge >= 0.3 is 0 Å². The highest BCUT2D eigenvalue weighted by Crippen LogP contribution is 2.43. The Hall–Kier alpha value is -1.02. The molecule has 3 rings (SSSR count). The van der Waals surface area contributed by atoms with Crippen LogP contribution in [0.1, 0.15) is 41.5 Å². The lowest BCUT2D eigenvalue weighted by Gasteiger charge is -2.32. The van der Waals surface area contributed by atoms with Crippen LogP contribution >= 0.6 is 23.2 Å².